The van der Waals surface area contributed by atoms with Crippen LogP contribution in [0.15, 0.2) is 41.6 Å². The molecule has 3 aromatic heterocycles. The third-order valence-electron chi connectivity index (χ3n) is 2.91. The summed E-state index contributed by atoms with van der Waals surface area (Å²) >= 11 is 5.87. The zero-order valence-corrected chi connectivity index (χ0v) is 11.3. The molecule has 0 fully saturated rings. The summed E-state index contributed by atoms with van der Waals surface area (Å²) in [5, 5.41) is 9.18. The second-order valence-corrected chi connectivity index (χ2v) is 4.68. The maximum atomic E-state index is 11.3. The molecule has 0 aliphatic rings. The summed E-state index contributed by atoms with van der Waals surface area (Å²) in [6.45, 7) is 0.620. The quantitative estimate of drug-likeness (QED) is 0.767. The van der Waals surface area contributed by atoms with Gasteiger partial charge in [-0.15, -0.1) is 0 Å². The lowest BCUT2D eigenvalue weighted by molar-refractivity contribution is 0.954. The van der Waals surface area contributed by atoms with Crippen LogP contribution < -0.4 is 10.9 Å². The summed E-state index contributed by atoms with van der Waals surface area (Å²) in [4.78, 5) is 15.8. The standard InChI is InChI=1S/C13H12ClN5O/c14-12-10(7-16-18-13(12)20)15-5-4-9-8-19-6-2-1-3-11(19)17-9/h1-3,6-8H,4-5H2,(H2,15,18,20). The first-order valence-corrected chi connectivity index (χ1v) is 6.51. The van der Waals surface area contributed by atoms with E-state index in [-0.39, 0.29) is 5.02 Å². The Morgan fingerprint density at radius 2 is 2.30 bits per heavy atom. The Labute approximate surface area is 119 Å². The molecule has 0 spiro atoms. The molecule has 20 heavy (non-hydrogen) atoms. The number of nitrogens with one attached hydrogen (secondary N) is 2. The summed E-state index contributed by atoms with van der Waals surface area (Å²) in [6.07, 6.45) is 6.16. The number of anilines is 1. The van der Waals surface area contributed by atoms with E-state index in [9.17, 15) is 4.79 Å². The number of pyridine rings is 1. The van der Waals surface area contributed by atoms with E-state index in [4.69, 9.17) is 11.6 Å². The van der Waals surface area contributed by atoms with Crippen molar-refractivity contribution in [2.75, 3.05) is 11.9 Å². The Kier molecular flexibility index (Phi) is 3.39. The maximum Gasteiger partial charge on any atom is 0.285 e. The zero-order chi connectivity index (χ0) is 13.9. The maximum absolute atomic E-state index is 11.3. The number of aromatic amines is 1. The monoisotopic (exact) mass is 289 g/mol. The molecule has 0 aromatic carbocycles. The molecule has 7 heteroatoms. The minimum absolute atomic E-state index is 0.120. The van der Waals surface area contributed by atoms with Crippen LogP contribution in [0.3, 0.4) is 0 Å². The highest BCUT2D eigenvalue weighted by Gasteiger charge is 2.05. The van der Waals surface area contributed by atoms with Crippen molar-refractivity contribution in [1.82, 2.24) is 19.6 Å². The Hall–Kier alpha value is -2.34. The van der Waals surface area contributed by atoms with Gasteiger partial charge in [0.05, 0.1) is 17.6 Å². The van der Waals surface area contributed by atoms with Crippen LogP contribution in [0.1, 0.15) is 5.69 Å². The van der Waals surface area contributed by atoms with Crippen molar-refractivity contribution in [3.05, 3.63) is 57.9 Å². The van der Waals surface area contributed by atoms with Crippen LogP contribution in [0.5, 0.6) is 0 Å². The number of hydrogen-bond donors (Lipinski definition) is 2. The number of H-pyrrole nitrogens is 1. The number of aromatic nitrogens is 4. The molecular formula is C13H12ClN5O. The summed E-state index contributed by atoms with van der Waals surface area (Å²) in [7, 11) is 0. The zero-order valence-electron chi connectivity index (χ0n) is 10.5. The molecule has 0 aliphatic carbocycles. The predicted molar refractivity (Wildman–Crippen MR) is 77.3 cm³/mol. The fourth-order valence-corrected chi connectivity index (χ4v) is 2.10. The third kappa shape index (κ3) is 2.50. The number of nitrogens with zero attached hydrogens (tertiary/aromatic N) is 3. The average molecular weight is 290 g/mol. The minimum atomic E-state index is -0.399. The number of fused-ring (bicyclic) bond motifs is 1. The molecule has 102 valence electrons. The summed E-state index contributed by atoms with van der Waals surface area (Å²) < 4.78 is 1.97. The number of hydrogen-bond acceptors (Lipinski definition) is 4. The highest BCUT2D eigenvalue weighted by Crippen LogP contribution is 2.14. The lowest BCUT2D eigenvalue weighted by Gasteiger charge is -2.05. The van der Waals surface area contributed by atoms with Gasteiger partial charge in [0.2, 0.25) is 0 Å². The first-order chi connectivity index (χ1) is 9.74. The molecule has 2 N–H and O–H groups in total. The minimum Gasteiger partial charge on any atom is -0.382 e. The van der Waals surface area contributed by atoms with Gasteiger partial charge >= 0.3 is 0 Å². The van der Waals surface area contributed by atoms with E-state index < -0.39 is 5.56 Å². The topological polar surface area (TPSA) is 75.1 Å². The van der Waals surface area contributed by atoms with E-state index >= 15 is 0 Å². The van der Waals surface area contributed by atoms with Crippen molar-refractivity contribution < 1.29 is 0 Å². The summed E-state index contributed by atoms with van der Waals surface area (Å²) in [5.74, 6) is 0. The van der Waals surface area contributed by atoms with E-state index in [1.165, 1.54) is 6.20 Å². The van der Waals surface area contributed by atoms with Gasteiger partial charge in [0.25, 0.3) is 5.56 Å². The van der Waals surface area contributed by atoms with Gasteiger partial charge < -0.3 is 9.72 Å². The Bertz CT molecular complexity index is 762. The molecule has 0 saturated carbocycles. The SMILES string of the molecule is O=c1[nH]ncc(NCCc2cn3ccccc3n2)c1Cl. The molecule has 6 nitrogen and oxygen atoms in total. The van der Waals surface area contributed by atoms with Crippen molar-refractivity contribution in [3.8, 4) is 0 Å². The van der Waals surface area contributed by atoms with Crippen molar-refractivity contribution in [2.24, 2.45) is 0 Å². The summed E-state index contributed by atoms with van der Waals surface area (Å²) in [5.41, 5.74) is 2.01. The Morgan fingerprint density at radius 3 is 3.15 bits per heavy atom. The van der Waals surface area contributed by atoms with E-state index in [2.05, 4.69) is 20.5 Å². The van der Waals surface area contributed by atoms with Crippen LogP contribution in [-0.2, 0) is 6.42 Å². The Balaban J connectivity index is 1.68. The molecule has 0 saturated heterocycles. The fourth-order valence-electron chi connectivity index (χ4n) is 1.94. The molecule has 0 aliphatic heterocycles. The molecule has 3 heterocycles. The van der Waals surface area contributed by atoms with Gasteiger partial charge in [0.1, 0.15) is 10.7 Å². The summed E-state index contributed by atoms with van der Waals surface area (Å²) in [6, 6.07) is 5.86. The predicted octanol–water partition coefficient (Wildman–Crippen LogP) is 1.73. The largest absolute Gasteiger partial charge is 0.382 e. The molecule has 0 amide bonds. The van der Waals surface area contributed by atoms with Gasteiger partial charge in [-0.05, 0) is 12.1 Å². The molecule has 0 radical (unpaired) electrons. The van der Waals surface area contributed by atoms with Crippen LogP contribution >= 0.6 is 11.6 Å². The molecule has 0 unspecified atom stereocenters. The first-order valence-electron chi connectivity index (χ1n) is 6.14. The van der Waals surface area contributed by atoms with Crippen LogP contribution in [0.2, 0.25) is 5.02 Å². The van der Waals surface area contributed by atoms with Crippen molar-refractivity contribution >= 4 is 22.9 Å². The van der Waals surface area contributed by atoms with Crippen molar-refractivity contribution in [1.29, 1.82) is 0 Å². The van der Waals surface area contributed by atoms with E-state index in [1.807, 2.05) is 35.0 Å². The smallest absolute Gasteiger partial charge is 0.285 e. The molecule has 0 bridgehead atoms. The van der Waals surface area contributed by atoms with Crippen LogP contribution in [0.25, 0.3) is 5.65 Å². The average Bonchev–Trinajstić information content (AvgIpc) is 2.86. The molecular weight excluding hydrogens is 278 g/mol. The van der Waals surface area contributed by atoms with Gasteiger partial charge in [0.15, 0.2) is 0 Å². The van der Waals surface area contributed by atoms with Crippen LogP contribution in [-0.4, -0.2) is 26.1 Å². The molecule has 0 atom stereocenters. The van der Waals surface area contributed by atoms with Crippen LogP contribution in [0.4, 0.5) is 5.69 Å². The highest BCUT2D eigenvalue weighted by molar-refractivity contribution is 6.32. The van der Waals surface area contributed by atoms with Gasteiger partial charge in [-0.25, -0.2) is 10.1 Å². The number of rotatable bonds is 4. The molecule has 3 aromatic rings. The first kappa shape index (κ1) is 12.7. The van der Waals surface area contributed by atoms with E-state index in [0.717, 1.165) is 17.8 Å². The number of halogens is 1. The third-order valence-corrected chi connectivity index (χ3v) is 3.28. The Morgan fingerprint density at radius 1 is 1.40 bits per heavy atom. The van der Waals surface area contributed by atoms with Crippen molar-refractivity contribution in [3.63, 3.8) is 0 Å². The van der Waals surface area contributed by atoms with Crippen molar-refractivity contribution in [2.45, 2.75) is 6.42 Å². The van der Waals surface area contributed by atoms with E-state index in [1.54, 1.807) is 0 Å². The fraction of sp³-hybridized carbons (Fsp3) is 0.154. The highest BCUT2D eigenvalue weighted by atomic mass is 35.5. The second kappa shape index (κ2) is 5.34. The molecule has 3 rings (SSSR count). The normalized spacial score (nSPS) is 10.8. The van der Waals surface area contributed by atoms with Gasteiger partial charge in [-0.3, -0.25) is 4.79 Å². The second-order valence-electron chi connectivity index (χ2n) is 4.30. The number of imidazole rings is 1. The van der Waals surface area contributed by atoms with Crippen LogP contribution in [0, 0.1) is 0 Å². The van der Waals surface area contributed by atoms with E-state index in [0.29, 0.717) is 12.2 Å². The lowest BCUT2D eigenvalue weighted by atomic mass is 10.3. The lowest BCUT2D eigenvalue weighted by Crippen LogP contribution is -2.13. The van der Waals surface area contributed by atoms with Gasteiger partial charge in [0, 0.05) is 25.4 Å². The van der Waals surface area contributed by atoms with Gasteiger partial charge in [-0.2, -0.15) is 5.10 Å². The van der Waals surface area contributed by atoms with Gasteiger partial charge in [-0.1, -0.05) is 17.7 Å².